The second kappa shape index (κ2) is 6.43. The maximum absolute atomic E-state index is 9.21. The molecule has 0 bridgehead atoms. The highest BCUT2D eigenvalue weighted by Gasteiger charge is 1.67. The molecule has 0 amide bonds. The van der Waals surface area contributed by atoms with Crippen molar-refractivity contribution in [2.75, 3.05) is 0 Å². The van der Waals surface area contributed by atoms with Gasteiger partial charge in [0.15, 0.2) is 0 Å². The lowest BCUT2D eigenvalue weighted by Crippen LogP contribution is -2.00. The molecule has 0 saturated carbocycles. The van der Waals surface area contributed by atoms with Crippen molar-refractivity contribution in [1.29, 1.82) is 5.41 Å². The van der Waals surface area contributed by atoms with Crippen LogP contribution in [0, 0.1) is 5.41 Å². The van der Waals surface area contributed by atoms with Crippen molar-refractivity contribution in [3.8, 4) is 0 Å². The van der Waals surface area contributed by atoms with Crippen LogP contribution >= 0.6 is 11.6 Å². The molecule has 0 saturated heterocycles. The van der Waals surface area contributed by atoms with Crippen molar-refractivity contribution >= 4 is 22.7 Å². The van der Waals surface area contributed by atoms with Crippen LogP contribution < -0.4 is 5.73 Å². The van der Waals surface area contributed by atoms with Crippen LogP contribution in [-0.4, -0.2) is 11.1 Å². The molecule has 0 spiro atoms. The summed E-state index contributed by atoms with van der Waals surface area (Å²) in [5.74, 6) is 0.167. The van der Waals surface area contributed by atoms with Crippen molar-refractivity contribution in [1.82, 2.24) is 0 Å². The summed E-state index contributed by atoms with van der Waals surface area (Å²) < 4.78 is 0. The molecule has 0 aliphatic carbocycles. The van der Waals surface area contributed by atoms with Gasteiger partial charge in [-0.25, -0.2) is 0 Å². The van der Waals surface area contributed by atoms with Crippen LogP contribution in [0.1, 0.15) is 13.8 Å². The highest BCUT2D eigenvalue weighted by atomic mass is 35.5. The van der Waals surface area contributed by atoms with Gasteiger partial charge in [0, 0.05) is 6.92 Å². The highest BCUT2D eigenvalue weighted by molar-refractivity contribution is 6.62. The van der Waals surface area contributed by atoms with Gasteiger partial charge in [0.25, 0.3) is 0 Å². The zero-order valence-corrected chi connectivity index (χ0v) is 5.62. The Morgan fingerprint density at radius 1 is 1.62 bits per heavy atom. The molecular weight excluding hydrogens is 128 g/mol. The molecule has 0 radical (unpaired) electrons. The van der Waals surface area contributed by atoms with Gasteiger partial charge in [-0.1, -0.05) is 0 Å². The number of amidine groups is 1. The minimum atomic E-state index is -0.361. The molecule has 0 aromatic heterocycles. The Morgan fingerprint density at radius 3 is 1.62 bits per heavy atom. The Morgan fingerprint density at radius 2 is 1.62 bits per heavy atom. The van der Waals surface area contributed by atoms with E-state index in [-0.39, 0.29) is 11.1 Å². The van der Waals surface area contributed by atoms with Crippen LogP contribution in [-0.2, 0) is 4.79 Å². The standard InChI is InChI=1S/C2H3ClO.C2H6N2/c2*1-2(3)4/h1H3;1H3,(H3,3,4). The molecule has 3 N–H and O–H groups in total. The molecule has 0 aromatic rings. The topological polar surface area (TPSA) is 66.9 Å². The fraction of sp³-hybridized carbons (Fsp3) is 0.500. The Balaban J connectivity index is 0. The Bertz CT molecular complexity index is 72.0. The number of hydrogen-bond acceptors (Lipinski definition) is 2. The molecule has 0 fully saturated rings. The molecule has 0 aliphatic heterocycles. The van der Waals surface area contributed by atoms with Crippen molar-refractivity contribution in [3.05, 3.63) is 0 Å². The number of carbonyl (C=O) groups is 1. The summed E-state index contributed by atoms with van der Waals surface area (Å²) in [6.07, 6.45) is 0. The molecule has 0 heterocycles. The van der Waals surface area contributed by atoms with E-state index in [1.165, 1.54) is 13.8 Å². The number of nitrogens with two attached hydrogens (primary N) is 1. The molecule has 4 heteroatoms. The van der Waals surface area contributed by atoms with Gasteiger partial charge in [0.2, 0.25) is 5.24 Å². The molecule has 48 valence electrons. The van der Waals surface area contributed by atoms with Gasteiger partial charge < -0.3 is 5.73 Å². The second-order valence-electron chi connectivity index (χ2n) is 1.15. The van der Waals surface area contributed by atoms with Crippen LogP contribution in [0.3, 0.4) is 0 Å². The van der Waals surface area contributed by atoms with E-state index >= 15 is 0 Å². The van der Waals surface area contributed by atoms with Gasteiger partial charge in [-0.3, -0.25) is 10.2 Å². The molecule has 0 atom stereocenters. The van der Waals surface area contributed by atoms with E-state index < -0.39 is 0 Å². The first-order chi connectivity index (χ1) is 3.46. The molecule has 0 aliphatic rings. The number of carbonyl (C=O) groups excluding carboxylic acids is 1. The number of hydrogen-bond donors (Lipinski definition) is 2. The molecule has 0 unspecified atom stereocenters. The molecule has 0 aromatic carbocycles. The lowest BCUT2D eigenvalue weighted by atomic mass is 10.8. The van der Waals surface area contributed by atoms with E-state index in [1.54, 1.807) is 0 Å². The zero-order valence-electron chi connectivity index (χ0n) is 4.86. The van der Waals surface area contributed by atoms with Gasteiger partial charge in [-0.2, -0.15) is 0 Å². The highest BCUT2D eigenvalue weighted by Crippen LogP contribution is 1.67. The maximum Gasteiger partial charge on any atom is 0.218 e. The summed E-state index contributed by atoms with van der Waals surface area (Å²) in [5.41, 5.74) is 4.69. The smallest absolute Gasteiger partial charge is 0.218 e. The normalized spacial score (nSPS) is 6.38. The van der Waals surface area contributed by atoms with Gasteiger partial charge in [0.05, 0.1) is 5.84 Å². The number of halogens is 1. The van der Waals surface area contributed by atoms with Gasteiger partial charge in [0.1, 0.15) is 0 Å². The largest absolute Gasteiger partial charge is 0.388 e. The third kappa shape index (κ3) is 328. The summed E-state index contributed by atoms with van der Waals surface area (Å²) in [6.45, 7) is 2.82. The number of nitrogens with one attached hydrogen (secondary N) is 1. The minimum absolute atomic E-state index is 0.167. The van der Waals surface area contributed by atoms with Crippen LogP contribution in [0.25, 0.3) is 0 Å². The summed E-state index contributed by atoms with van der Waals surface area (Å²) in [5, 5.41) is 5.92. The first-order valence-electron chi connectivity index (χ1n) is 1.93. The van der Waals surface area contributed by atoms with E-state index in [9.17, 15) is 4.79 Å². The third-order valence-corrected chi connectivity index (χ3v) is 0. The van der Waals surface area contributed by atoms with Gasteiger partial charge in [-0.05, 0) is 18.5 Å². The molecule has 8 heavy (non-hydrogen) atoms. The van der Waals surface area contributed by atoms with Crippen molar-refractivity contribution < 1.29 is 4.79 Å². The van der Waals surface area contributed by atoms with E-state index in [0.29, 0.717) is 0 Å². The maximum atomic E-state index is 9.21. The monoisotopic (exact) mass is 136 g/mol. The SMILES string of the molecule is CC(=N)N.CC(=O)Cl. The summed E-state index contributed by atoms with van der Waals surface area (Å²) >= 11 is 4.64. The molecular formula is C4H9ClN2O. The summed E-state index contributed by atoms with van der Waals surface area (Å²) in [4.78, 5) is 9.21. The zero-order chi connectivity index (χ0) is 7.15. The lowest BCUT2D eigenvalue weighted by Gasteiger charge is -1.66. The van der Waals surface area contributed by atoms with E-state index in [1.807, 2.05) is 0 Å². The van der Waals surface area contributed by atoms with Gasteiger partial charge >= 0.3 is 0 Å². The Kier molecular flexibility index (Phi) is 8.37. The fourth-order valence-electron chi connectivity index (χ4n) is 0. The van der Waals surface area contributed by atoms with Crippen molar-refractivity contribution in [2.45, 2.75) is 13.8 Å². The van der Waals surface area contributed by atoms with Crippen LogP contribution in [0.5, 0.6) is 0 Å². The quantitative estimate of drug-likeness (QED) is 0.293. The summed E-state index contributed by atoms with van der Waals surface area (Å²) in [7, 11) is 0. The van der Waals surface area contributed by atoms with Gasteiger partial charge in [-0.15, -0.1) is 0 Å². The van der Waals surface area contributed by atoms with Crippen molar-refractivity contribution in [3.63, 3.8) is 0 Å². The average Bonchev–Trinajstić information content (AvgIpc) is 1.25. The first kappa shape index (κ1) is 10.4. The van der Waals surface area contributed by atoms with E-state index in [4.69, 9.17) is 11.1 Å². The predicted molar refractivity (Wildman–Crippen MR) is 34.1 cm³/mol. The van der Waals surface area contributed by atoms with Crippen LogP contribution in [0.2, 0.25) is 0 Å². The fourth-order valence-corrected chi connectivity index (χ4v) is 0. The lowest BCUT2D eigenvalue weighted by molar-refractivity contribution is -0.109. The predicted octanol–water partition coefficient (Wildman–Crippen LogP) is 0.714. The number of rotatable bonds is 0. The third-order valence-electron chi connectivity index (χ3n) is 0. The van der Waals surface area contributed by atoms with Crippen molar-refractivity contribution in [2.24, 2.45) is 5.73 Å². The van der Waals surface area contributed by atoms with E-state index in [2.05, 4.69) is 11.6 Å². The minimum Gasteiger partial charge on any atom is -0.388 e. The second-order valence-corrected chi connectivity index (χ2v) is 1.69. The average molecular weight is 137 g/mol. The first-order valence-corrected chi connectivity index (χ1v) is 2.31. The van der Waals surface area contributed by atoms with Crippen LogP contribution in [0.15, 0.2) is 0 Å². The Labute approximate surface area is 53.3 Å². The van der Waals surface area contributed by atoms with Crippen LogP contribution in [0.4, 0.5) is 0 Å². The summed E-state index contributed by atoms with van der Waals surface area (Å²) in [6, 6.07) is 0. The van der Waals surface area contributed by atoms with E-state index in [0.717, 1.165) is 0 Å². The Hall–Kier alpha value is -0.570. The molecule has 3 nitrogen and oxygen atoms in total. The molecule has 0 rings (SSSR count).